The molecule has 31 heavy (non-hydrogen) atoms. The maximum atomic E-state index is 12.6. The van der Waals surface area contributed by atoms with Gasteiger partial charge in [0.25, 0.3) is 0 Å². The minimum Gasteiger partial charge on any atom is -0.462 e. The van der Waals surface area contributed by atoms with Gasteiger partial charge in [-0.2, -0.15) is 0 Å². The molecule has 0 saturated carbocycles. The third-order valence-corrected chi connectivity index (χ3v) is 7.46. The van der Waals surface area contributed by atoms with Crippen LogP contribution >= 0.6 is 0 Å². The third kappa shape index (κ3) is 6.92. The van der Waals surface area contributed by atoms with Gasteiger partial charge in [-0.25, -0.2) is 0 Å². The van der Waals surface area contributed by atoms with Crippen LogP contribution in [0.4, 0.5) is 0 Å². The van der Waals surface area contributed by atoms with Crippen molar-refractivity contribution in [1.82, 2.24) is 10.6 Å². The van der Waals surface area contributed by atoms with Gasteiger partial charge in [0, 0.05) is 47.8 Å². The van der Waals surface area contributed by atoms with Gasteiger partial charge in [-0.05, 0) is 53.4 Å². The largest absolute Gasteiger partial charge is 0.462 e. The molecule has 180 valence electrons. The zero-order valence-electron chi connectivity index (χ0n) is 21.5. The van der Waals surface area contributed by atoms with Crippen molar-refractivity contribution >= 4 is 11.9 Å². The SMILES string of the molecule is CC(C)C1(C)CC(OC(=O)CC(=O)OC2CC(C)(C)NC(C)(C(C)C)C2)CC(C)(C)N1. The highest BCUT2D eigenvalue weighted by atomic mass is 16.6. The Bertz CT molecular complexity index is 616. The first kappa shape index (κ1) is 26.1. The number of carbonyl (C=O) groups excluding carboxylic acids is 2. The second kappa shape index (κ2) is 9.01. The Balaban J connectivity index is 1.94. The summed E-state index contributed by atoms with van der Waals surface area (Å²) in [6.45, 7) is 21.6. The average molecular weight is 439 g/mol. The Morgan fingerprint density at radius 2 is 1.03 bits per heavy atom. The fourth-order valence-corrected chi connectivity index (χ4v) is 5.48. The molecule has 2 rings (SSSR count). The molecule has 0 aromatic rings. The summed E-state index contributed by atoms with van der Waals surface area (Å²) in [5, 5.41) is 7.40. The molecule has 0 bridgehead atoms. The molecule has 2 aliphatic heterocycles. The number of rotatable bonds is 6. The van der Waals surface area contributed by atoms with Gasteiger partial charge in [0.05, 0.1) is 0 Å². The molecule has 0 aromatic carbocycles. The Labute approximate surface area is 189 Å². The van der Waals surface area contributed by atoms with E-state index in [9.17, 15) is 9.59 Å². The van der Waals surface area contributed by atoms with Crippen LogP contribution in [0.3, 0.4) is 0 Å². The van der Waals surface area contributed by atoms with E-state index in [0.717, 1.165) is 25.7 Å². The Kier molecular flexibility index (Phi) is 7.59. The van der Waals surface area contributed by atoms with Gasteiger partial charge in [0.1, 0.15) is 18.6 Å². The molecule has 2 heterocycles. The molecule has 0 radical (unpaired) electrons. The van der Waals surface area contributed by atoms with Crippen LogP contribution in [-0.2, 0) is 19.1 Å². The number of nitrogens with one attached hydrogen (secondary N) is 2. The lowest BCUT2D eigenvalue weighted by atomic mass is 9.74. The van der Waals surface area contributed by atoms with Crippen LogP contribution in [0.2, 0.25) is 0 Å². The Morgan fingerprint density at radius 3 is 1.32 bits per heavy atom. The van der Waals surface area contributed by atoms with Crippen molar-refractivity contribution in [2.24, 2.45) is 11.8 Å². The molecule has 0 aromatic heterocycles. The van der Waals surface area contributed by atoms with Crippen molar-refractivity contribution in [3.05, 3.63) is 0 Å². The molecule has 4 atom stereocenters. The molecule has 6 nitrogen and oxygen atoms in total. The fraction of sp³-hybridized carbons (Fsp3) is 0.920. The van der Waals surface area contributed by atoms with E-state index in [-0.39, 0.29) is 40.8 Å². The predicted molar refractivity (Wildman–Crippen MR) is 124 cm³/mol. The molecule has 6 heteroatoms. The summed E-state index contributed by atoms with van der Waals surface area (Å²) in [5.74, 6) is -0.175. The number of hydrogen-bond donors (Lipinski definition) is 2. The molecular formula is C25H46N2O4. The molecular weight excluding hydrogens is 392 g/mol. The zero-order valence-corrected chi connectivity index (χ0v) is 21.5. The molecule has 2 N–H and O–H groups in total. The summed E-state index contributed by atoms with van der Waals surface area (Å²) in [6.07, 6.45) is 2.20. The highest BCUT2D eigenvalue weighted by molar-refractivity contribution is 5.91. The van der Waals surface area contributed by atoms with E-state index < -0.39 is 11.9 Å². The van der Waals surface area contributed by atoms with Gasteiger partial charge < -0.3 is 20.1 Å². The van der Waals surface area contributed by atoms with Gasteiger partial charge in [-0.15, -0.1) is 0 Å². The second-order valence-corrected chi connectivity index (χ2v) is 12.4. The standard InChI is InChI=1S/C25H46N2O4/c1-16(2)24(9)14-18(12-22(5,6)26-24)30-20(28)11-21(29)31-19-13-23(7,8)27-25(10,15-19)17(3)4/h16-19,26-27H,11-15H2,1-10H3. The van der Waals surface area contributed by atoms with Crippen molar-refractivity contribution in [3.63, 3.8) is 0 Å². The summed E-state index contributed by atoms with van der Waals surface area (Å²) >= 11 is 0. The molecule has 2 fully saturated rings. The topological polar surface area (TPSA) is 76.7 Å². The lowest BCUT2D eigenvalue weighted by Crippen LogP contribution is -2.63. The van der Waals surface area contributed by atoms with Crippen molar-refractivity contribution < 1.29 is 19.1 Å². The second-order valence-electron chi connectivity index (χ2n) is 12.4. The normalized spacial score (nSPS) is 35.1. The smallest absolute Gasteiger partial charge is 0.317 e. The van der Waals surface area contributed by atoms with E-state index in [2.05, 4.69) is 79.9 Å². The average Bonchev–Trinajstić information content (AvgIpc) is 2.49. The fourth-order valence-electron chi connectivity index (χ4n) is 5.48. The maximum Gasteiger partial charge on any atom is 0.317 e. The van der Waals surface area contributed by atoms with Crippen LogP contribution in [0.25, 0.3) is 0 Å². The Morgan fingerprint density at radius 1 is 0.710 bits per heavy atom. The van der Waals surface area contributed by atoms with E-state index >= 15 is 0 Å². The predicted octanol–water partition coefficient (Wildman–Crippen LogP) is 4.35. The highest BCUT2D eigenvalue weighted by Crippen LogP contribution is 2.36. The summed E-state index contributed by atoms with van der Waals surface area (Å²) in [6, 6.07) is 0. The molecule has 0 spiro atoms. The number of ether oxygens (including phenoxy) is 2. The van der Waals surface area contributed by atoms with Gasteiger partial charge in [-0.1, -0.05) is 27.7 Å². The summed E-state index contributed by atoms with van der Waals surface area (Å²) in [5.41, 5.74) is -0.500. The number of hydrogen-bond acceptors (Lipinski definition) is 6. The van der Waals surface area contributed by atoms with E-state index in [1.54, 1.807) is 0 Å². The van der Waals surface area contributed by atoms with E-state index in [0.29, 0.717) is 11.8 Å². The third-order valence-electron chi connectivity index (χ3n) is 7.46. The highest BCUT2D eigenvalue weighted by Gasteiger charge is 2.45. The van der Waals surface area contributed by atoms with Crippen LogP contribution in [0.1, 0.15) is 101 Å². The minimum absolute atomic E-state index is 0.116. The van der Waals surface area contributed by atoms with Crippen molar-refractivity contribution in [3.8, 4) is 0 Å². The van der Waals surface area contributed by atoms with Crippen molar-refractivity contribution in [2.45, 2.75) is 136 Å². The van der Waals surface area contributed by atoms with Crippen LogP contribution in [0, 0.1) is 11.8 Å². The van der Waals surface area contributed by atoms with Gasteiger partial charge in [-0.3, -0.25) is 9.59 Å². The minimum atomic E-state index is -0.487. The zero-order chi connectivity index (χ0) is 23.8. The summed E-state index contributed by atoms with van der Waals surface area (Å²) in [7, 11) is 0. The van der Waals surface area contributed by atoms with Gasteiger partial charge in [0.15, 0.2) is 0 Å². The van der Waals surface area contributed by atoms with Crippen LogP contribution < -0.4 is 10.6 Å². The first-order chi connectivity index (χ1) is 14.0. The van der Waals surface area contributed by atoms with Crippen molar-refractivity contribution in [2.75, 3.05) is 0 Å². The summed E-state index contributed by atoms with van der Waals surface area (Å²) in [4.78, 5) is 25.1. The quantitative estimate of drug-likeness (QED) is 0.474. The van der Waals surface area contributed by atoms with E-state index in [1.165, 1.54) is 0 Å². The maximum absolute atomic E-state index is 12.6. The van der Waals surface area contributed by atoms with Gasteiger partial charge >= 0.3 is 11.9 Å². The molecule has 2 saturated heterocycles. The molecule has 4 unspecified atom stereocenters. The number of carbonyl (C=O) groups is 2. The van der Waals surface area contributed by atoms with Crippen LogP contribution in [0.5, 0.6) is 0 Å². The monoisotopic (exact) mass is 438 g/mol. The van der Waals surface area contributed by atoms with Gasteiger partial charge in [0.2, 0.25) is 0 Å². The van der Waals surface area contributed by atoms with Crippen LogP contribution in [0.15, 0.2) is 0 Å². The number of piperidine rings is 2. The Hall–Kier alpha value is -1.14. The number of esters is 2. The molecule has 2 aliphatic rings. The summed E-state index contributed by atoms with van der Waals surface area (Å²) < 4.78 is 11.5. The van der Waals surface area contributed by atoms with Crippen LogP contribution in [-0.4, -0.2) is 46.3 Å². The first-order valence-electron chi connectivity index (χ1n) is 11.9. The lowest BCUT2D eigenvalue weighted by molar-refractivity contribution is -0.165. The lowest BCUT2D eigenvalue weighted by Gasteiger charge is -2.50. The molecule has 0 aliphatic carbocycles. The van der Waals surface area contributed by atoms with E-state index in [4.69, 9.17) is 9.47 Å². The first-order valence-corrected chi connectivity index (χ1v) is 11.9. The molecule has 0 amide bonds. The van der Waals surface area contributed by atoms with Crippen molar-refractivity contribution in [1.29, 1.82) is 0 Å². The van der Waals surface area contributed by atoms with E-state index in [1.807, 2.05) is 0 Å².